The van der Waals surface area contributed by atoms with E-state index in [0.717, 1.165) is 0 Å². The number of nitriles is 1. The lowest BCUT2D eigenvalue weighted by Crippen LogP contribution is -2.09. The van der Waals surface area contributed by atoms with Crippen LogP contribution in [0.1, 0.15) is 35.9 Å². The number of rotatable bonds is 5. The fraction of sp³-hybridized carbons (Fsp3) is 0.333. The first-order valence-electron chi connectivity index (χ1n) is 5.37. The lowest BCUT2D eigenvalue weighted by Gasteiger charge is -2.03. The van der Waals surface area contributed by atoms with E-state index < -0.39 is 11.8 Å². The molecule has 1 rings (SSSR count). The summed E-state index contributed by atoms with van der Waals surface area (Å²) in [6.45, 7) is 1.92. The number of esters is 1. The van der Waals surface area contributed by atoms with E-state index in [1.165, 1.54) is 12.1 Å². The third kappa shape index (κ3) is 3.56. The van der Waals surface area contributed by atoms with Crippen molar-refractivity contribution in [2.45, 2.75) is 19.8 Å². The lowest BCUT2D eigenvalue weighted by atomic mass is 10.1. The first-order valence-corrected chi connectivity index (χ1v) is 5.37. The minimum atomic E-state index is -0.502. The Morgan fingerprint density at radius 1 is 1.44 bits per heavy atom. The van der Waals surface area contributed by atoms with E-state index in [1.807, 2.05) is 0 Å². The summed E-state index contributed by atoms with van der Waals surface area (Å²) in [5, 5.41) is 18.1. The molecule has 18 heavy (non-hydrogen) atoms. The first kappa shape index (κ1) is 13.6. The Morgan fingerprint density at radius 3 is 2.78 bits per heavy atom. The van der Waals surface area contributed by atoms with Gasteiger partial charge >= 0.3 is 5.97 Å². The van der Waals surface area contributed by atoms with Crippen LogP contribution < -0.4 is 0 Å². The normalized spacial score (nSPS) is 9.56. The zero-order valence-electron chi connectivity index (χ0n) is 9.84. The fourth-order valence-electron chi connectivity index (χ4n) is 1.29. The molecular formula is C12H12N2O4. The van der Waals surface area contributed by atoms with Gasteiger partial charge in [-0.2, -0.15) is 5.26 Å². The summed E-state index contributed by atoms with van der Waals surface area (Å²) in [4.78, 5) is 26.5. The second-order valence-corrected chi connectivity index (χ2v) is 3.40. The van der Waals surface area contributed by atoms with Gasteiger partial charge in [0, 0.05) is 6.42 Å². The van der Waals surface area contributed by atoms with E-state index in [-0.39, 0.29) is 36.6 Å². The standard InChI is InChI=1S/C12H12N2O4/c1-2-18-11(17)6-5-10(16)12-9(15)4-3-8(7-13)14-12/h3-4,15H,2,5-6H2,1H3. The molecule has 0 unspecified atom stereocenters. The molecule has 6 heteroatoms. The summed E-state index contributed by atoms with van der Waals surface area (Å²) in [6.07, 6.45) is -0.196. The van der Waals surface area contributed by atoms with Crippen molar-refractivity contribution in [2.24, 2.45) is 0 Å². The molecule has 0 bridgehead atoms. The summed E-state index contributed by atoms with van der Waals surface area (Å²) >= 11 is 0. The zero-order valence-corrected chi connectivity index (χ0v) is 9.84. The highest BCUT2D eigenvalue weighted by Gasteiger charge is 2.15. The number of pyridine rings is 1. The van der Waals surface area contributed by atoms with Crippen LogP contribution in [0.5, 0.6) is 5.75 Å². The van der Waals surface area contributed by atoms with Crippen LogP contribution >= 0.6 is 0 Å². The number of aromatic hydroxyl groups is 1. The molecule has 1 N–H and O–H groups in total. The maximum Gasteiger partial charge on any atom is 0.306 e. The van der Waals surface area contributed by atoms with Crippen LogP contribution in [-0.4, -0.2) is 28.4 Å². The molecule has 0 aliphatic carbocycles. The van der Waals surface area contributed by atoms with Gasteiger partial charge in [0.15, 0.2) is 5.78 Å². The zero-order chi connectivity index (χ0) is 13.5. The van der Waals surface area contributed by atoms with Gasteiger partial charge in [-0.1, -0.05) is 0 Å². The van der Waals surface area contributed by atoms with Gasteiger partial charge in [-0.25, -0.2) is 4.98 Å². The van der Waals surface area contributed by atoms with Crippen molar-refractivity contribution in [3.63, 3.8) is 0 Å². The Bertz CT molecular complexity index is 505. The number of Topliss-reactive ketones (excluding diaryl/α,β-unsaturated/α-hetero) is 1. The molecule has 0 aliphatic heterocycles. The summed E-state index contributed by atoms with van der Waals surface area (Å²) in [7, 11) is 0. The Balaban J connectivity index is 2.73. The Labute approximate surface area is 104 Å². The number of ether oxygens (including phenoxy) is 1. The summed E-state index contributed by atoms with van der Waals surface area (Å²) in [6, 6.07) is 4.30. The van der Waals surface area contributed by atoms with Crippen molar-refractivity contribution in [1.29, 1.82) is 5.26 Å². The minimum Gasteiger partial charge on any atom is -0.506 e. The smallest absolute Gasteiger partial charge is 0.306 e. The summed E-state index contributed by atoms with van der Waals surface area (Å²) in [5.74, 6) is -1.29. The molecule has 0 spiro atoms. The Kier molecular flexibility index (Phi) is 4.81. The second kappa shape index (κ2) is 6.35. The highest BCUT2D eigenvalue weighted by molar-refractivity contribution is 5.98. The van der Waals surface area contributed by atoms with Crippen molar-refractivity contribution in [3.05, 3.63) is 23.5 Å². The van der Waals surface area contributed by atoms with Crippen LogP contribution in [0.3, 0.4) is 0 Å². The van der Waals surface area contributed by atoms with Gasteiger partial charge in [0.05, 0.1) is 13.0 Å². The number of carbonyl (C=O) groups is 2. The molecule has 0 atom stereocenters. The molecule has 6 nitrogen and oxygen atoms in total. The molecule has 1 heterocycles. The minimum absolute atomic E-state index is 0.0345. The summed E-state index contributed by atoms with van der Waals surface area (Å²) in [5.41, 5.74) is -0.161. The van der Waals surface area contributed by atoms with Gasteiger partial charge in [0.1, 0.15) is 23.2 Å². The highest BCUT2D eigenvalue weighted by Crippen LogP contribution is 2.17. The maximum absolute atomic E-state index is 11.7. The quantitative estimate of drug-likeness (QED) is 0.620. The van der Waals surface area contributed by atoms with Crippen molar-refractivity contribution in [2.75, 3.05) is 6.61 Å². The maximum atomic E-state index is 11.7. The van der Waals surface area contributed by atoms with Crippen molar-refractivity contribution >= 4 is 11.8 Å². The highest BCUT2D eigenvalue weighted by atomic mass is 16.5. The number of hydrogen-bond acceptors (Lipinski definition) is 6. The number of aromatic nitrogens is 1. The molecule has 0 saturated heterocycles. The second-order valence-electron chi connectivity index (χ2n) is 3.40. The molecule has 0 radical (unpaired) electrons. The van der Waals surface area contributed by atoms with Crippen LogP contribution in [0.25, 0.3) is 0 Å². The van der Waals surface area contributed by atoms with E-state index in [1.54, 1.807) is 13.0 Å². The molecule has 0 amide bonds. The molecule has 0 saturated carbocycles. The van der Waals surface area contributed by atoms with Crippen LogP contribution in [-0.2, 0) is 9.53 Å². The van der Waals surface area contributed by atoms with Crippen LogP contribution in [0.4, 0.5) is 0 Å². The van der Waals surface area contributed by atoms with Gasteiger partial charge in [0.25, 0.3) is 0 Å². The SMILES string of the molecule is CCOC(=O)CCC(=O)c1nc(C#N)ccc1O. The predicted molar refractivity (Wildman–Crippen MR) is 60.8 cm³/mol. The van der Waals surface area contributed by atoms with Crippen molar-refractivity contribution < 1.29 is 19.4 Å². The van der Waals surface area contributed by atoms with Gasteiger partial charge in [0.2, 0.25) is 0 Å². The van der Waals surface area contributed by atoms with Crippen molar-refractivity contribution in [1.82, 2.24) is 4.98 Å². The topological polar surface area (TPSA) is 100 Å². The van der Waals surface area contributed by atoms with E-state index in [9.17, 15) is 14.7 Å². The number of hydrogen-bond donors (Lipinski definition) is 1. The van der Waals surface area contributed by atoms with Crippen LogP contribution in [0, 0.1) is 11.3 Å². The van der Waals surface area contributed by atoms with E-state index in [2.05, 4.69) is 9.72 Å². The van der Waals surface area contributed by atoms with Gasteiger partial charge in [-0.15, -0.1) is 0 Å². The summed E-state index contributed by atoms with van der Waals surface area (Å²) < 4.78 is 4.68. The molecule has 1 aromatic heterocycles. The Morgan fingerprint density at radius 2 is 2.17 bits per heavy atom. The molecule has 1 aromatic rings. The van der Waals surface area contributed by atoms with Crippen LogP contribution in [0.2, 0.25) is 0 Å². The van der Waals surface area contributed by atoms with Crippen LogP contribution in [0.15, 0.2) is 12.1 Å². The lowest BCUT2D eigenvalue weighted by molar-refractivity contribution is -0.143. The van der Waals surface area contributed by atoms with Gasteiger partial charge in [-0.3, -0.25) is 9.59 Å². The number of ketones is 1. The molecule has 0 aromatic carbocycles. The predicted octanol–water partition coefficient (Wildman–Crippen LogP) is 1.18. The molecule has 0 fully saturated rings. The number of nitrogens with zero attached hydrogens (tertiary/aromatic N) is 2. The van der Waals surface area contributed by atoms with Crippen molar-refractivity contribution in [3.8, 4) is 11.8 Å². The van der Waals surface area contributed by atoms with E-state index >= 15 is 0 Å². The fourth-order valence-corrected chi connectivity index (χ4v) is 1.29. The van der Waals surface area contributed by atoms with Gasteiger partial charge in [-0.05, 0) is 19.1 Å². The number of carbonyl (C=O) groups excluding carboxylic acids is 2. The average Bonchev–Trinajstić information content (AvgIpc) is 2.37. The Hall–Kier alpha value is -2.42. The van der Waals surface area contributed by atoms with E-state index in [0.29, 0.717) is 0 Å². The molecule has 94 valence electrons. The third-order valence-electron chi connectivity index (χ3n) is 2.11. The third-order valence-corrected chi connectivity index (χ3v) is 2.11. The molecule has 0 aliphatic rings. The molecular weight excluding hydrogens is 236 g/mol. The monoisotopic (exact) mass is 248 g/mol. The first-order chi connectivity index (χ1) is 8.58. The average molecular weight is 248 g/mol. The largest absolute Gasteiger partial charge is 0.506 e. The van der Waals surface area contributed by atoms with Gasteiger partial charge < -0.3 is 9.84 Å². The van der Waals surface area contributed by atoms with E-state index in [4.69, 9.17) is 5.26 Å².